The average molecular weight is 477 g/mol. The predicted octanol–water partition coefficient (Wildman–Crippen LogP) is 6.47. The molecule has 0 saturated heterocycles. The van der Waals surface area contributed by atoms with Crippen molar-refractivity contribution < 1.29 is 19.4 Å². The smallest absolute Gasteiger partial charge is 0.259 e. The minimum Gasteiger partial charge on any atom is -0.504 e. The van der Waals surface area contributed by atoms with E-state index in [4.69, 9.17) is 26.8 Å². The molecule has 0 heterocycles. The van der Waals surface area contributed by atoms with Gasteiger partial charge in [-0.25, -0.2) is 0 Å². The first-order valence-electron chi connectivity index (χ1n) is 10.2. The highest BCUT2D eigenvalue weighted by Gasteiger charge is 2.20. The van der Waals surface area contributed by atoms with E-state index < -0.39 is 5.91 Å². The molecule has 4 aromatic rings. The number of phenols is 1. The number of ether oxygens (including phenoxy) is 2. The average Bonchev–Trinajstić information content (AvgIpc) is 2.85. The topological polar surface area (TPSA) is 119 Å². The Morgan fingerprint density at radius 3 is 2.38 bits per heavy atom. The van der Waals surface area contributed by atoms with Gasteiger partial charge in [-0.2, -0.15) is 5.11 Å². The van der Waals surface area contributed by atoms with Crippen LogP contribution in [0.1, 0.15) is 10.4 Å². The predicted molar refractivity (Wildman–Crippen MR) is 133 cm³/mol. The van der Waals surface area contributed by atoms with Crippen molar-refractivity contribution in [3.63, 3.8) is 0 Å². The summed E-state index contributed by atoms with van der Waals surface area (Å²) in [5, 5.41) is 23.9. The zero-order valence-corrected chi connectivity index (χ0v) is 19.1. The van der Waals surface area contributed by atoms with Gasteiger partial charge in [0.25, 0.3) is 5.91 Å². The third-order valence-corrected chi connectivity index (χ3v) is 5.42. The monoisotopic (exact) mass is 476 g/mol. The highest BCUT2D eigenvalue weighted by atomic mass is 35.5. The number of azo groups is 1. The molecule has 0 aromatic heterocycles. The van der Waals surface area contributed by atoms with Gasteiger partial charge in [-0.05, 0) is 41.8 Å². The fraction of sp³-hybridized carbons (Fsp3) is 0.0800. The summed E-state index contributed by atoms with van der Waals surface area (Å²) < 4.78 is 10.5. The van der Waals surface area contributed by atoms with Gasteiger partial charge in [-0.3, -0.25) is 4.79 Å². The number of rotatable bonds is 6. The summed E-state index contributed by atoms with van der Waals surface area (Å²) in [6.45, 7) is 0. The second-order valence-corrected chi connectivity index (χ2v) is 7.68. The van der Waals surface area contributed by atoms with Crippen molar-refractivity contribution in [3.05, 3.63) is 77.3 Å². The standard InChI is InChI=1S/C25H21ClN4O4/c1-33-21-13-22(34-2)19(26)12-18(21)25(32)28-20-11-14-5-3-4-6-17(14)23(24(20)31)30-29-16-9-7-15(27)8-10-16/h3-13,31H,27H2,1-2H3,(H,28,32). The molecule has 0 bridgehead atoms. The molecule has 1 amide bonds. The number of amides is 1. The molecule has 0 saturated carbocycles. The summed E-state index contributed by atoms with van der Waals surface area (Å²) in [7, 11) is 2.90. The maximum Gasteiger partial charge on any atom is 0.259 e. The van der Waals surface area contributed by atoms with Crippen LogP contribution in [0.4, 0.5) is 22.7 Å². The number of nitrogens with one attached hydrogen (secondary N) is 1. The third kappa shape index (κ3) is 4.57. The second kappa shape index (κ2) is 9.68. The van der Waals surface area contributed by atoms with Crippen LogP contribution >= 0.6 is 11.6 Å². The summed E-state index contributed by atoms with van der Waals surface area (Å²) >= 11 is 6.20. The van der Waals surface area contributed by atoms with Crippen molar-refractivity contribution in [2.24, 2.45) is 10.2 Å². The van der Waals surface area contributed by atoms with Gasteiger partial charge < -0.3 is 25.6 Å². The molecular weight excluding hydrogens is 456 g/mol. The van der Waals surface area contributed by atoms with Crippen LogP contribution in [0.15, 0.2) is 77.0 Å². The summed E-state index contributed by atoms with van der Waals surface area (Å²) in [5.41, 5.74) is 7.42. The number of carbonyl (C=O) groups excluding carboxylic acids is 1. The van der Waals surface area contributed by atoms with Crippen molar-refractivity contribution in [1.29, 1.82) is 0 Å². The lowest BCUT2D eigenvalue weighted by atomic mass is 10.1. The normalized spacial score (nSPS) is 11.0. The first-order chi connectivity index (χ1) is 16.4. The van der Waals surface area contributed by atoms with Crippen LogP contribution in [0.5, 0.6) is 17.2 Å². The van der Waals surface area contributed by atoms with E-state index in [0.717, 1.165) is 5.39 Å². The van der Waals surface area contributed by atoms with Gasteiger partial charge in [0, 0.05) is 17.1 Å². The zero-order chi connectivity index (χ0) is 24.2. The molecule has 0 aliphatic heterocycles. The fourth-order valence-electron chi connectivity index (χ4n) is 3.39. The highest BCUT2D eigenvalue weighted by molar-refractivity contribution is 6.32. The molecule has 0 spiro atoms. The van der Waals surface area contributed by atoms with Crippen molar-refractivity contribution >= 4 is 51.0 Å². The van der Waals surface area contributed by atoms with Crippen LogP contribution in [-0.4, -0.2) is 25.2 Å². The van der Waals surface area contributed by atoms with E-state index in [2.05, 4.69) is 15.5 Å². The number of phenolic OH excluding ortho intramolecular Hbond substituents is 1. The number of fused-ring (bicyclic) bond motifs is 1. The zero-order valence-electron chi connectivity index (χ0n) is 18.4. The van der Waals surface area contributed by atoms with E-state index in [1.807, 2.05) is 24.3 Å². The Morgan fingerprint density at radius 2 is 1.68 bits per heavy atom. The quantitative estimate of drug-likeness (QED) is 0.167. The Balaban J connectivity index is 1.75. The number of methoxy groups -OCH3 is 2. The largest absolute Gasteiger partial charge is 0.504 e. The van der Waals surface area contributed by atoms with Crippen LogP contribution in [-0.2, 0) is 0 Å². The van der Waals surface area contributed by atoms with Crippen LogP contribution in [0.2, 0.25) is 5.02 Å². The Morgan fingerprint density at radius 1 is 0.971 bits per heavy atom. The first-order valence-corrected chi connectivity index (χ1v) is 10.5. The molecule has 4 aromatic carbocycles. The molecule has 4 N–H and O–H groups in total. The molecule has 0 aliphatic rings. The van der Waals surface area contributed by atoms with Crippen molar-refractivity contribution in [2.45, 2.75) is 0 Å². The summed E-state index contributed by atoms with van der Waals surface area (Å²) in [4.78, 5) is 13.1. The number of nitrogen functional groups attached to an aromatic ring is 1. The van der Waals surface area contributed by atoms with Gasteiger partial charge in [0.1, 0.15) is 17.2 Å². The summed E-state index contributed by atoms with van der Waals surface area (Å²) in [6, 6.07) is 18.8. The number of anilines is 2. The van der Waals surface area contributed by atoms with Gasteiger partial charge in [-0.15, -0.1) is 5.11 Å². The van der Waals surface area contributed by atoms with Crippen LogP contribution in [0.3, 0.4) is 0 Å². The van der Waals surface area contributed by atoms with E-state index >= 15 is 0 Å². The Kier molecular flexibility index (Phi) is 6.51. The van der Waals surface area contributed by atoms with Crippen LogP contribution in [0, 0.1) is 0 Å². The molecule has 0 radical (unpaired) electrons. The van der Waals surface area contributed by atoms with Crippen molar-refractivity contribution in [1.82, 2.24) is 0 Å². The molecule has 0 aliphatic carbocycles. The van der Waals surface area contributed by atoms with Gasteiger partial charge >= 0.3 is 0 Å². The first kappa shape index (κ1) is 22.9. The number of nitrogens with zero attached hydrogens (tertiary/aromatic N) is 2. The van der Waals surface area contributed by atoms with Gasteiger partial charge in [0.15, 0.2) is 5.75 Å². The molecular formula is C25H21ClN4O4. The Hall–Kier alpha value is -4.30. The molecule has 9 heteroatoms. The lowest BCUT2D eigenvalue weighted by Crippen LogP contribution is -2.13. The fourth-order valence-corrected chi connectivity index (χ4v) is 3.63. The van der Waals surface area contributed by atoms with Gasteiger partial charge in [0.2, 0.25) is 0 Å². The second-order valence-electron chi connectivity index (χ2n) is 7.28. The minimum absolute atomic E-state index is 0.156. The number of aromatic hydroxyl groups is 1. The third-order valence-electron chi connectivity index (χ3n) is 5.12. The number of carbonyl (C=O) groups is 1. The van der Waals surface area contributed by atoms with E-state index in [-0.39, 0.29) is 33.5 Å². The molecule has 172 valence electrons. The van der Waals surface area contributed by atoms with E-state index in [9.17, 15) is 9.90 Å². The maximum absolute atomic E-state index is 13.1. The SMILES string of the molecule is COc1cc(OC)c(C(=O)Nc2cc3ccccc3c(N=Nc3ccc(N)cc3)c2O)cc1Cl. The van der Waals surface area contributed by atoms with Gasteiger partial charge in [-0.1, -0.05) is 35.9 Å². The molecule has 4 rings (SSSR count). The number of halogens is 1. The van der Waals surface area contributed by atoms with Crippen LogP contribution in [0.25, 0.3) is 10.8 Å². The molecule has 8 nitrogen and oxygen atoms in total. The molecule has 0 fully saturated rings. The van der Waals surface area contributed by atoms with E-state index in [1.54, 1.807) is 30.3 Å². The molecule has 0 unspecified atom stereocenters. The molecule has 0 atom stereocenters. The molecule has 34 heavy (non-hydrogen) atoms. The van der Waals surface area contributed by atoms with E-state index in [1.165, 1.54) is 26.4 Å². The number of hydrogen-bond acceptors (Lipinski definition) is 7. The van der Waals surface area contributed by atoms with Crippen molar-refractivity contribution in [2.75, 3.05) is 25.3 Å². The summed E-state index contributed by atoms with van der Waals surface area (Å²) in [6.07, 6.45) is 0. The van der Waals surface area contributed by atoms with E-state index in [0.29, 0.717) is 22.5 Å². The number of hydrogen-bond donors (Lipinski definition) is 3. The van der Waals surface area contributed by atoms with Gasteiger partial charge in [0.05, 0.1) is 36.2 Å². The van der Waals surface area contributed by atoms with Crippen molar-refractivity contribution in [3.8, 4) is 17.2 Å². The summed E-state index contributed by atoms with van der Waals surface area (Å²) in [5.74, 6) is -0.130. The number of benzene rings is 4. The lowest BCUT2D eigenvalue weighted by molar-refractivity contribution is 0.102. The minimum atomic E-state index is -0.534. The number of nitrogens with two attached hydrogens (primary N) is 1. The maximum atomic E-state index is 13.1. The lowest BCUT2D eigenvalue weighted by Gasteiger charge is -2.14. The Bertz CT molecular complexity index is 1400. The highest BCUT2D eigenvalue weighted by Crippen LogP contribution is 2.42. The Labute approximate surface area is 200 Å². The van der Waals surface area contributed by atoms with Crippen LogP contribution < -0.4 is 20.5 Å².